The second-order valence-corrected chi connectivity index (χ2v) is 9.24. The first-order valence-electron chi connectivity index (χ1n) is 12.2. The van der Waals surface area contributed by atoms with Crippen molar-refractivity contribution in [2.45, 2.75) is 32.5 Å². The Hall–Kier alpha value is -3.78. The second-order valence-electron chi connectivity index (χ2n) is 8.93. The Balaban J connectivity index is 1.64. The van der Waals surface area contributed by atoms with Gasteiger partial charge in [-0.2, -0.15) is 18.3 Å². The first kappa shape index (κ1) is 29.2. The molecule has 0 radical (unpaired) electrons. The molecule has 3 heterocycles. The summed E-state index contributed by atoms with van der Waals surface area (Å²) >= 11 is 5.84. The molecule has 0 aliphatic heterocycles. The Morgan fingerprint density at radius 2 is 2.00 bits per heavy atom. The lowest BCUT2D eigenvalue weighted by Crippen LogP contribution is -2.34. The molecule has 4 N–H and O–H groups in total. The molecule has 0 aliphatic rings. The van der Waals surface area contributed by atoms with Crippen LogP contribution in [0.4, 0.5) is 33.5 Å². The minimum atomic E-state index is -4.87. The van der Waals surface area contributed by atoms with Gasteiger partial charge in [0.05, 0.1) is 17.5 Å². The predicted octanol–water partition coefficient (Wildman–Crippen LogP) is 4.73. The van der Waals surface area contributed by atoms with Crippen LogP contribution in [0.5, 0.6) is 0 Å². The number of hydrogen-bond donors (Lipinski definition) is 3. The number of carbonyl (C=O) groups excluding carboxylic acids is 1. The van der Waals surface area contributed by atoms with Gasteiger partial charge in [-0.15, -0.1) is 11.6 Å². The van der Waals surface area contributed by atoms with Crippen LogP contribution in [0.3, 0.4) is 0 Å². The summed E-state index contributed by atoms with van der Waals surface area (Å²) in [6.07, 6.45) is -2.32. The monoisotopic (exact) mass is 584 g/mol. The van der Waals surface area contributed by atoms with Crippen LogP contribution < -0.4 is 16.4 Å². The van der Waals surface area contributed by atoms with Crippen LogP contribution in [0, 0.1) is 5.92 Å². The first-order valence-corrected chi connectivity index (χ1v) is 12.8. The van der Waals surface area contributed by atoms with Crippen LogP contribution in [0.25, 0.3) is 16.9 Å². The highest BCUT2D eigenvalue weighted by Crippen LogP contribution is 2.37. The van der Waals surface area contributed by atoms with E-state index in [2.05, 4.69) is 25.7 Å². The average molecular weight is 585 g/mol. The van der Waals surface area contributed by atoms with Crippen molar-refractivity contribution in [2.24, 2.45) is 11.7 Å². The molecule has 4 rings (SSSR count). The van der Waals surface area contributed by atoms with Crippen LogP contribution in [0.15, 0.2) is 43.0 Å². The number of nitrogens with zero attached hydrogens (tertiary/aromatic N) is 5. The summed E-state index contributed by atoms with van der Waals surface area (Å²) < 4.78 is 68.6. The number of benzene rings is 1. The lowest BCUT2D eigenvalue weighted by Gasteiger charge is -2.15. The molecule has 0 spiro atoms. The van der Waals surface area contributed by atoms with Crippen molar-refractivity contribution in [3.05, 3.63) is 59.8 Å². The van der Waals surface area contributed by atoms with E-state index in [9.17, 15) is 26.7 Å². The highest BCUT2D eigenvalue weighted by atomic mass is 35.5. The Bertz CT molecular complexity index is 1480. The predicted molar refractivity (Wildman–Crippen MR) is 140 cm³/mol. The molecule has 0 aliphatic carbocycles. The van der Waals surface area contributed by atoms with Crippen molar-refractivity contribution >= 4 is 34.7 Å². The van der Waals surface area contributed by atoms with Crippen LogP contribution in [0.2, 0.25) is 0 Å². The van der Waals surface area contributed by atoms with E-state index in [0.29, 0.717) is 41.3 Å². The van der Waals surface area contributed by atoms with Crippen LogP contribution in [0.1, 0.15) is 28.5 Å². The van der Waals surface area contributed by atoms with E-state index < -0.39 is 30.4 Å². The standard InChI is InChI=1S/C25H26ClF5N8O/c1-2-15-7-16(3-4-17(15)24(40)35-10-14(8-26)9-32)36-22-23-34-11-19(39(23)6-5-33-22)18-12-38(13-20(27)28)37-21(18)25(29,30)31/h3-7,11-12,14,20H,2,8-10,13,32H2,1H3,(H,33,36)(H,35,40). The van der Waals surface area contributed by atoms with Crippen LogP contribution in [-0.2, 0) is 19.1 Å². The summed E-state index contributed by atoms with van der Waals surface area (Å²) in [5.74, 6) is 0.241. The second kappa shape index (κ2) is 12.2. The third-order valence-corrected chi connectivity index (χ3v) is 6.59. The average Bonchev–Trinajstić information content (AvgIpc) is 3.53. The van der Waals surface area contributed by atoms with Gasteiger partial charge in [-0.25, -0.2) is 18.7 Å². The van der Waals surface area contributed by atoms with Crippen molar-refractivity contribution in [3.8, 4) is 11.3 Å². The van der Waals surface area contributed by atoms with Crippen molar-refractivity contribution in [1.29, 1.82) is 0 Å². The van der Waals surface area contributed by atoms with Gasteiger partial charge in [0, 0.05) is 48.2 Å². The number of carbonyl (C=O) groups is 1. The number of nitrogens with two attached hydrogens (primary N) is 1. The van der Waals surface area contributed by atoms with E-state index >= 15 is 0 Å². The molecule has 0 fully saturated rings. The van der Waals surface area contributed by atoms with Gasteiger partial charge in [-0.3, -0.25) is 13.9 Å². The fourth-order valence-electron chi connectivity index (χ4n) is 4.12. The number of nitrogens with one attached hydrogen (secondary N) is 2. The Kier molecular flexibility index (Phi) is 8.88. The maximum atomic E-state index is 13.7. The number of halogens is 6. The number of amides is 1. The number of alkyl halides is 6. The van der Waals surface area contributed by atoms with Crippen molar-refractivity contribution in [1.82, 2.24) is 29.5 Å². The zero-order valence-electron chi connectivity index (χ0n) is 21.2. The van der Waals surface area contributed by atoms with Crippen LogP contribution >= 0.6 is 11.6 Å². The molecular weight excluding hydrogens is 559 g/mol. The first-order chi connectivity index (χ1) is 19.0. The molecule has 1 aromatic carbocycles. The van der Waals surface area contributed by atoms with E-state index in [-0.39, 0.29) is 29.0 Å². The Morgan fingerprint density at radius 1 is 1.23 bits per heavy atom. The van der Waals surface area contributed by atoms with Gasteiger partial charge in [-0.1, -0.05) is 6.92 Å². The maximum Gasteiger partial charge on any atom is 0.435 e. The molecule has 1 atom stereocenters. The maximum absolute atomic E-state index is 13.7. The van der Waals surface area contributed by atoms with E-state index in [0.717, 1.165) is 11.8 Å². The van der Waals surface area contributed by atoms with E-state index in [4.69, 9.17) is 17.3 Å². The van der Waals surface area contributed by atoms with Gasteiger partial charge < -0.3 is 16.4 Å². The minimum Gasteiger partial charge on any atom is -0.352 e. The van der Waals surface area contributed by atoms with Gasteiger partial charge in [0.25, 0.3) is 12.3 Å². The number of rotatable bonds is 11. The smallest absolute Gasteiger partial charge is 0.352 e. The van der Waals surface area contributed by atoms with E-state index in [1.54, 1.807) is 18.2 Å². The number of hydrogen-bond acceptors (Lipinski definition) is 6. The van der Waals surface area contributed by atoms with E-state index in [1.165, 1.54) is 23.0 Å². The molecule has 9 nitrogen and oxygen atoms in total. The summed E-state index contributed by atoms with van der Waals surface area (Å²) in [7, 11) is 0. The van der Waals surface area contributed by atoms with Gasteiger partial charge in [0.1, 0.15) is 6.54 Å². The highest BCUT2D eigenvalue weighted by molar-refractivity contribution is 6.18. The summed E-state index contributed by atoms with van der Waals surface area (Å²) in [6.45, 7) is 1.59. The summed E-state index contributed by atoms with van der Waals surface area (Å²) in [5, 5.41) is 9.27. The quantitative estimate of drug-likeness (QED) is 0.173. The molecule has 40 heavy (non-hydrogen) atoms. The number of aromatic nitrogens is 5. The normalized spacial score (nSPS) is 12.7. The Labute approximate surface area is 230 Å². The minimum absolute atomic E-state index is 0.00212. The molecule has 0 bridgehead atoms. The van der Waals surface area contributed by atoms with Crippen molar-refractivity contribution in [3.63, 3.8) is 0 Å². The third-order valence-electron chi connectivity index (χ3n) is 6.16. The molecule has 3 aromatic heterocycles. The molecule has 0 saturated carbocycles. The number of imidazole rings is 1. The zero-order chi connectivity index (χ0) is 29.0. The molecule has 1 unspecified atom stereocenters. The molecule has 0 saturated heterocycles. The lowest BCUT2D eigenvalue weighted by atomic mass is 10.0. The zero-order valence-corrected chi connectivity index (χ0v) is 22.0. The van der Waals surface area contributed by atoms with E-state index in [1.807, 2.05) is 6.92 Å². The number of fused-ring (bicyclic) bond motifs is 1. The highest BCUT2D eigenvalue weighted by Gasteiger charge is 2.38. The lowest BCUT2D eigenvalue weighted by molar-refractivity contribution is -0.141. The summed E-state index contributed by atoms with van der Waals surface area (Å²) in [5.41, 5.74) is 5.93. The summed E-state index contributed by atoms with van der Waals surface area (Å²) in [6, 6.07) is 5.09. The largest absolute Gasteiger partial charge is 0.435 e. The topological polar surface area (TPSA) is 115 Å². The van der Waals surface area contributed by atoms with Gasteiger partial charge >= 0.3 is 6.18 Å². The van der Waals surface area contributed by atoms with Gasteiger partial charge in [-0.05, 0) is 36.7 Å². The van der Waals surface area contributed by atoms with Gasteiger partial charge in [0.15, 0.2) is 17.2 Å². The summed E-state index contributed by atoms with van der Waals surface area (Å²) in [4.78, 5) is 21.2. The van der Waals surface area contributed by atoms with Crippen molar-refractivity contribution in [2.75, 3.05) is 24.3 Å². The fraction of sp³-hybridized carbons (Fsp3) is 0.360. The number of aryl methyl sites for hydroxylation is 1. The fourth-order valence-corrected chi connectivity index (χ4v) is 4.35. The third kappa shape index (κ3) is 6.33. The SMILES string of the molecule is CCc1cc(Nc2nccn3c(-c4cn(CC(F)F)nc4C(F)(F)F)cnc23)ccc1C(=O)NCC(CN)CCl. The molecule has 1 amide bonds. The molecular formula is C25H26ClF5N8O. The molecule has 214 valence electrons. The Morgan fingerprint density at radius 3 is 2.65 bits per heavy atom. The number of anilines is 2. The molecule has 4 aromatic rings. The molecule has 15 heteroatoms. The van der Waals surface area contributed by atoms with Crippen molar-refractivity contribution < 1.29 is 26.7 Å². The van der Waals surface area contributed by atoms with Crippen LogP contribution in [-0.4, -0.2) is 55.5 Å². The van der Waals surface area contributed by atoms with Gasteiger partial charge in [0.2, 0.25) is 0 Å².